The highest BCUT2D eigenvalue weighted by atomic mass is 16.2. The van der Waals surface area contributed by atoms with Crippen molar-refractivity contribution in [3.8, 4) is 0 Å². The molecule has 0 bridgehead atoms. The van der Waals surface area contributed by atoms with Crippen molar-refractivity contribution in [2.24, 2.45) is 17.3 Å². The van der Waals surface area contributed by atoms with E-state index in [4.69, 9.17) is 0 Å². The van der Waals surface area contributed by atoms with Crippen LogP contribution < -0.4 is 10.2 Å². The Morgan fingerprint density at radius 3 is 2.70 bits per heavy atom. The van der Waals surface area contributed by atoms with Crippen LogP contribution in [0.1, 0.15) is 31.4 Å². The molecule has 0 unspecified atom stereocenters. The lowest BCUT2D eigenvalue weighted by atomic mass is 9.74. The highest BCUT2D eigenvalue weighted by Gasteiger charge is 2.53. The number of nitrogens with one attached hydrogen (secondary N) is 1. The van der Waals surface area contributed by atoms with E-state index >= 15 is 0 Å². The summed E-state index contributed by atoms with van der Waals surface area (Å²) in [6.45, 7) is 5.09. The molecule has 2 aromatic rings. The summed E-state index contributed by atoms with van der Waals surface area (Å²) in [5, 5.41) is 3.30. The second-order valence-corrected chi connectivity index (χ2v) is 9.10. The van der Waals surface area contributed by atoms with Gasteiger partial charge in [0.1, 0.15) is 0 Å². The zero-order valence-electron chi connectivity index (χ0n) is 17.4. The lowest BCUT2D eigenvalue weighted by Crippen LogP contribution is -2.48. The number of nitrogens with zero attached hydrogens (tertiary/aromatic N) is 5. The van der Waals surface area contributed by atoms with Crippen LogP contribution in [0.15, 0.2) is 42.9 Å². The first kappa shape index (κ1) is 19.4. The van der Waals surface area contributed by atoms with Crippen LogP contribution in [0.5, 0.6) is 0 Å². The number of amides is 1. The van der Waals surface area contributed by atoms with Crippen LogP contribution >= 0.6 is 0 Å². The number of likely N-dealkylation sites (tertiary alicyclic amines) is 1. The summed E-state index contributed by atoms with van der Waals surface area (Å²) >= 11 is 0. The van der Waals surface area contributed by atoms with Crippen LogP contribution in [-0.2, 0) is 11.3 Å². The number of rotatable bonds is 6. The van der Waals surface area contributed by atoms with Crippen molar-refractivity contribution in [2.45, 2.75) is 32.2 Å². The Bertz CT molecular complexity index is 859. The molecular formula is C23H30N6O. The fourth-order valence-corrected chi connectivity index (χ4v) is 5.09. The minimum atomic E-state index is -0.368. The van der Waals surface area contributed by atoms with Crippen molar-refractivity contribution >= 4 is 11.9 Å². The number of carbonyl (C=O) groups is 1. The standard InChI is InChI=1S/C23H30N6O/c30-21(27-13-18-6-7-18)23-8-3-12-28(16-20-5-1-2-9-24-20)14-19(23)15-29(17-23)22-25-10-4-11-26-22/h1-2,4-5,9-11,18-19H,3,6-8,12-17H2,(H,27,30)/t19-,23-/m0/s1. The summed E-state index contributed by atoms with van der Waals surface area (Å²) in [5.41, 5.74) is 0.719. The smallest absolute Gasteiger partial charge is 0.228 e. The Morgan fingerprint density at radius 2 is 1.93 bits per heavy atom. The van der Waals surface area contributed by atoms with Gasteiger partial charge in [-0.1, -0.05) is 6.07 Å². The summed E-state index contributed by atoms with van der Waals surface area (Å²) in [6.07, 6.45) is 9.84. The van der Waals surface area contributed by atoms with Gasteiger partial charge in [0, 0.05) is 57.2 Å². The number of pyridine rings is 1. The van der Waals surface area contributed by atoms with Gasteiger partial charge in [-0.15, -0.1) is 0 Å². The van der Waals surface area contributed by atoms with Gasteiger partial charge in [-0.05, 0) is 56.3 Å². The third kappa shape index (κ3) is 4.03. The van der Waals surface area contributed by atoms with E-state index in [-0.39, 0.29) is 17.2 Å². The number of aromatic nitrogens is 3. The van der Waals surface area contributed by atoms with Gasteiger partial charge in [0.2, 0.25) is 11.9 Å². The van der Waals surface area contributed by atoms with Gasteiger partial charge < -0.3 is 10.2 Å². The summed E-state index contributed by atoms with van der Waals surface area (Å²) in [7, 11) is 0. The van der Waals surface area contributed by atoms with Crippen molar-refractivity contribution in [3.05, 3.63) is 48.5 Å². The maximum atomic E-state index is 13.5. The summed E-state index contributed by atoms with van der Waals surface area (Å²) in [6, 6.07) is 7.92. The van der Waals surface area contributed by atoms with E-state index in [9.17, 15) is 4.79 Å². The third-order valence-electron chi connectivity index (χ3n) is 6.92. The molecule has 2 atom stereocenters. The molecule has 0 spiro atoms. The lowest BCUT2D eigenvalue weighted by Gasteiger charge is -2.32. The molecule has 1 saturated carbocycles. The first-order valence-corrected chi connectivity index (χ1v) is 11.2. The lowest BCUT2D eigenvalue weighted by molar-refractivity contribution is -0.132. The molecule has 30 heavy (non-hydrogen) atoms. The Kier molecular flexibility index (Phi) is 5.37. The SMILES string of the molecule is O=C(NCC1CC1)[C@]12CCCN(Cc3ccccn3)C[C@H]1CN(c1ncccn1)C2. The monoisotopic (exact) mass is 406 g/mol. The summed E-state index contributed by atoms with van der Waals surface area (Å²) in [4.78, 5) is 31.6. The molecular weight excluding hydrogens is 376 g/mol. The molecule has 1 aliphatic carbocycles. The van der Waals surface area contributed by atoms with Gasteiger partial charge in [-0.25, -0.2) is 9.97 Å². The van der Waals surface area contributed by atoms with E-state index in [1.165, 1.54) is 12.8 Å². The van der Waals surface area contributed by atoms with Gasteiger partial charge >= 0.3 is 0 Å². The first-order chi connectivity index (χ1) is 14.7. The highest BCUT2D eigenvalue weighted by molar-refractivity contribution is 5.84. The van der Waals surface area contributed by atoms with Crippen LogP contribution in [-0.4, -0.2) is 58.5 Å². The number of anilines is 1. The molecule has 158 valence electrons. The first-order valence-electron chi connectivity index (χ1n) is 11.2. The highest BCUT2D eigenvalue weighted by Crippen LogP contribution is 2.44. The molecule has 2 saturated heterocycles. The van der Waals surface area contributed by atoms with Crippen molar-refractivity contribution in [2.75, 3.05) is 37.6 Å². The number of fused-ring (bicyclic) bond motifs is 1. The number of carbonyl (C=O) groups excluding carboxylic acids is 1. The third-order valence-corrected chi connectivity index (χ3v) is 6.92. The van der Waals surface area contributed by atoms with E-state index in [1.807, 2.05) is 24.4 Å². The minimum absolute atomic E-state index is 0.234. The van der Waals surface area contributed by atoms with E-state index in [2.05, 4.69) is 36.1 Å². The van der Waals surface area contributed by atoms with E-state index in [1.54, 1.807) is 12.4 Å². The Balaban J connectivity index is 1.37. The zero-order chi connectivity index (χ0) is 20.4. The fraction of sp³-hybridized carbons (Fsp3) is 0.565. The molecule has 0 radical (unpaired) electrons. The molecule has 0 aromatic carbocycles. The van der Waals surface area contributed by atoms with Crippen LogP contribution in [0.4, 0.5) is 5.95 Å². The molecule has 1 N–H and O–H groups in total. The predicted octanol–water partition coefficient (Wildman–Crippen LogP) is 2.12. The van der Waals surface area contributed by atoms with Crippen molar-refractivity contribution < 1.29 is 4.79 Å². The normalized spacial score (nSPS) is 26.8. The molecule has 2 aromatic heterocycles. The summed E-state index contributed by atoms with van der Waals surface area (Å²) < 4.78 is 0. The molecule has 7 nitrogen and oxygen atoms in total. The van der Waals surface area contributed by atoms with Crippen LogP contribution in [0.3, 0.4) is 0 Å². The van der Waals surface area contributed by atoms with Gasteiger partial charge in [-0.2, -0.15) is 0 Å². The van der Waals surface area contributed by atoms with Gasteiger partial charge in [0.05, 0.1) is 11.1 Å². The fourth-order valence-electron chi connectivity index (χ4n) is 5.09. The van der Waals surface area contributed by atoms with E-state index < -0.39 is 0 Å². The maximum absolute atomic E-state index is 13.5. The quantitative estimate of drug-likeness (QED) is 0.792. The molecule has 3 fully saturated rings. The Labute approximate surface area is 177 Å². The molecule has 7 heteroatoms. The predicted molar refractivity (Wildman–Crippen MR) is 115 cm³/mol. The zero-order valence-corrected chi connectivity index (χ0v) is 17.4. The number of hydrogen-bond acceptors (Lipinski definition) is 6. The molecule has 5 rings (SSSR count). The van der Waals surface area contributed by atoms with Gasteiger partial charge in [0.25, 0.3) is 0 Å². The molecule has 3 aliphatic rings. The van der Waals surface area contributed by atoms with Gasteiger partial charge in [0.15, 0.2) is 0 Å². The van der Waals surface area contributed by atoms with Crippen molar-refractivity contribution in [3.63, 3.8) is 0 Å². The molecule has 4 heterocycles. The van der Waals surface area contributed by atoms with Crippen LogP contribution in [0.25, 0.3) is 0 Å². The maximum Gasteiger partial charge on any atom is 0.228 e. The Morgan fingerprint density at radius 1 is 1.10 bits per heavy atom. The summed E-state index contributed by atoms with van der Waals surface area (Å²) in [5.74, 6) is 1.91. The van der Waals surface area contributed by atoms with E-state index in [0.717, 1.165) is 57.2 Å². The van der Waals surface area contributed by atoms with Crippen molar-refractivity contribution in [1.82, 2.24) is 25.2 Å². The van der Waals surface area contributed by atoms with Gasteiger partial charge in [-0.3, -0.25) is 14.7 Å². The van der Waals surface area contributed by atoms with Crippen molar-refractivity contribution in [1.29, 1.82) is 0 Å². The second-order valence-electron chi connectivity index (χ2n) is 9.10. The van der Waals surface area contributed by atoms with Crippen LogP contribution in [0, 0.1) is 17.3 Å². The topological polar surface area (TPSA) is 74.2 Å². The average molecular weight is 407 g/mol. The Hall–Kier alpha value is -2.54. The van der Waals surface area contributed by atoms with E-state index in [0.29, 0.717) is 12.5 Å². The van der Waals surface area contributed by atoms with Crippen LogP contribution in [0.2, 0.25) is 0 Å². The molecule has 2 aliphatic heterocycles. The average Bonchev–Trinajstić information content (AvgIpc) is 3.57. The molecule has 1 amide bonds. The number of hydrogen-bond donors (Lipinski definition) is 1. The minimum Gasteiger partial charge on any atom is -0.355 e. The largest absolute Gasteiger partial charge is 0.355 e. The second kappa shape index (κ2) is 8.30.